The fourth-order valence-electron chi connectivity index (χ4n) is 4.77. The van der Waals surface area contributed by atoms with Crippen LogP contribution in [0.5, 0.6) is 0 Å². The maximum atomic E-state index is 12.8. The molecule has 0 spiro atoms. The first-order valence-corrected chi connectivity index (χ1v) is 11.6. The van der Waals surface area contributed by atoms with Crippen LogP contribution in [0, 0.1) is 5.92 Å². The van der Waals surface area contributed by atoms with E-state index in [0.29, 0.717) is 24.0 Å². The van der Waals surface area contributed by atoms with Crippen LogP contribution >= 0.6 is 11.8 Å². The molecule has 2 saturated carbocycles. The summed E-state index contributed by atoms with van der Waals surface area (Å²) in [6.45, 7) is 2.67. The van der Waals surface area contributed by atoms with Gasteiger partial charge in [0.05, 0.1) is 18.3 Å². The lowest BCUT2D eigenvalue weighted by Gasteiger charge is -2.25. The third-order valence-electron chi connectivity index (χ3n) is 6.24. The lowest BCUT2D eigenvalue weighted by molar-refractivity contribution is -0.137. The van der Waals surface area contributed by atoms with E-state index in [1.54, 1.807) is 11.2 Å². The normalized spacial score (nSPS) is 28.7. The van der Waals surface area contributed by atoms with Crippen molar-refractivity contribution in [2.24, 2.45) is 5.92 Å². The fraction of sp³-hybridized carbons (Fsp3) is 0.800. The summed E-state index contributed by atoms with van der Waals surface area (Å²) in [7, 11) is 0. The number of carboxylic acids is 1. The predicted octanol–water partition coefficient (Wildman–Crippen LogP) is 3.73. The molecule has 3 fully saturated rings. The summed E-state index contributed by atoms with van der Waals surface area (Å²) >= 11 is 1.83. The van der Waals surface area contributed by atoms with Crippen molar-refractivity contribution in [2.45, 2.75) is 82.0 Å². The maximum Gasteiger partial charge on any atom is 0.339 e. The summed E-state index contributed by atoms with van der Waals surface area (Å²) in [6, 6.07) is 0.270. The lowest BCUT2D eigenvalue weighted by Crippen LogP contribution is -2.43. The number of thioether (sulfide) groups is 1. The second kappa shape index (κ2) is 9.76. The molecule has 8 heteroatoms. The highest BCUT2D eigenvalue weighted by Gasteiger charge is 2.50. The minimum Gasteiger partial charge on any atom is -0.510 e. The minimum absolute atomic E-state index is 0.0143. The van der Waals surface area contributed by atoms with Gasteiger partial charge in [-0.1, -0.05) is 19.3 Å². The first-order valence-electron chi connectivity index (χ1n) is 10.6. The Kier molecular flexibility index (Phi) is 7.37. The molecule has 3 atom stereocenters. The number of aliphatic carboxylic acids is 1. The molecule has 2 aliphatic carbocycles. The van der Waals surface area contributed by atoms with Gasteiger partial charge in [-0.25, -0.2) is 9.80 Å². The molecule has 1 heterocycles. The largest absolute Gasteiger partial charge is 0.510 e. The quantitative estimate of drug-likeness (QED) is 0.395. The van der Waals surface area contributed by atoms with Gasteiger partial charge in [0, 0.05) is 24.1 Å². The third kappa shape index (κ3) is 4.88. The number of fused-ring (bicyclic) bond motifs is 1. The smallest absolute Gasteiger partial charge is 0.339 e. The molecule has 0 aromatic carbocycles. The summed E-state index contributed by atoms with van der Waals surface area (Å²) in [5.41, 5.74) is 3.11. The minimum atomic E-state index is -0.744. The van der Waals surface area contributed by atoms with Crippen molar-refractivity contribution in [3.63, 3.8) is 0 Å². The highest BCUT2D eigenvalue weighted by Crippen LogP contribution is 2.40. The number of amides is 2. The Labute approximate surface area is 171 Å². The van der Waals surface area contributed by atoms with Crippen LogP contribution in [0.25, 0.3) is 0 Å². The zero-order valence-electron chi connectivity index (χ0n) is 16.7. The Balaban J connectivity index is 1.57. The first-order chi connectivity index (χ1) is 13.5. The number of allylic oxidation sites excluding steroid dienone is 1. The Bertz CT molecular complexity index is 594. The number of carbonyl (C=O) groups is 2. The van der Waals surface area contributed by atoms with Crippen LogP contribution in [-0.2, 0) is 4.79 Å². The molecule has 1 aliphatic heterocycles. The number of hydrazine groups is 1. The van der Waals surface area contributed by atoms with E-state index >= 15 is 0 Å². The van der Waals surface area contributed by atoms with Crippen LogP contribution in [0.1, 0.15) is 64.7 Å². The Morgan fingerprint density at radius 2 is 1.93 bits per heavy atom. The van der Waals surface area contributed by atoms with Crippen molar-refractivity contribution in [1.29, 1.82) is 0 Å². The van der Waals surface area contributed by atoms with Crippen molar-refractivity contribution < 1.29 is 19.8 Å². The van der Waals surface area contributed by atoms with Crippen molar-refractivity contribution >= 4 is 23.8 Å². The number of carboxylic acid groups (broad SMARTS) is 1. The van der Waals surface area contributed by atoms with Gasteiger partial charge in [-0.15, -0.1) is 0 Å². The van der Waals surface area contributed by atoms with Crippen LogP contribution < -0.4 is 5.43 Å². The zero-order chi connectivity index (χ0) is 20.1. The molecule has 158 valence electrons. The van der Waals surface area contributed by atoms with E-state index in [2.05, 4.69) is 5.43 Å². The van der Waals surface area contributed by atoms with Crippen molar-refractivity contribution in [3.8, 4) is 0 Å². The molecule has 3 unspecified atom stereocenters. The van der Waals surface area contributed by atoms with Crippen LogP contribution in [0.4, 0.5) is 4.79 Å². The summed E-state index contributed by atoms with van der Waals surface area (Å²) in [5.74, 6) is 0.660. The summed E-state index contributed by atoms with van der Waals surface area (Å²) in [5, 5.41) is 21.3. The van der Waals surface area contributed by atoms with E-state index in [4.69, 9.17) is 5.11 Å². The molecule has 3 rings (SSSR count). The second-order valence-corrected chi connectivity index (χ2v) is 9.48. The number of likely N-dealkylation sites (N-methyl/N-ethyl adjacent to an activating group) is 1. The maximum absolute atomic E-state index is 12.8. The number of aliphatic hydroxyl groups excluding tert-OH is 1. The van der Waals surface area contributed by atoms with Gasteiger partial charge in [0.25, 0.3) is 0 Å². The average Bonchev–Trinajstić information content (AvgIpc) is 3.19. The fourth-order valence-corrected chi connectivity index (χ4v) is 6.08. The molecule has 0 aromatic heterocycles. The average molecular weight is 412 g/mol. The van der Waals surface area contributed by atoms with Crippen LogP contribution in [0.2, 0.25) is 0 Å². The standard InChI is InChI=1S/C20H33N3O4S/c1-2-22-16-11-15(28-10-6-9-19(25)26)12-17(16)23(20(22)27)21-13-18(24)14-7-4-3-5-8-14/h13-17,21,24H,2-12H2,1H3,(H,25,26)/b18-13-. The molecule has 7 nitrogen and oxygen atoms in total. The van der Waals surface area contributed by atoms with Gasteiger partial charge < -0.3 is 15.1 Å². The number of urea groups is 1. The van der Waals surface area contributed by atoms with E-state index < -0.39 is 5.97 Å². The lowest BCUT2D eigenvalue weighted by atomic mass is 9.88. The molecule has 0 radical (unpaired) electrons. The molecular weight excluding hydrogens is 378 g/mol. The van der Waals surface area contributed by atoms with Gasteiger partial charge in [0.15, 0.2) is 0 Å². The molecule has 3 aliphatic rings. The van der Waals surface area contributed by atoms with E-state index in [0.717, 1.165) is 44.3 Å². The summed E-state index contributed by atoms with van der Waals surface area (Å²) in [4.78, 5) is 25.4. The molecule has 3 N–H and O–H groups in total. The van der Waals surface area contributed by atoms with Crippen LogP contribution in [0.15, 0.2) is 12.0 Å². The van der Waals surface area contributed by atoms with Gasteiger partial charge in [-0.2, -0.15) is 11.8 Å². The van der Waals surface area contributed by atoms with Gasteiger partial charge in [0.1, 0.15) is 5.76 Å². The molecule has 1 saturated heterocycles. The first kappa shape index (κ1) is 21.1. The molecule has 28 heavy (non-hydrogen) atoms. The number of hydrogen-bond donors (Lipinski definition) is 3. The monoisotopic (exact) mass is 411 g/mol. The van der Waals surface area contributed by atoms with E-state index in [1.807, 2.05) is 23.6 Å². The van der Waals surface area contributed by atoms with Gasteiger partial charge in [0.2, 0.25) is 0 Å². The predicted molar refractivity (Wildman–Crippen MR) is 110 cm³/mol. The Hall–Kier alpha value is -1.57. The number of carbonyl (C=O) groups excluding carboxylic acids is 1. The Morgan fingerprint density at radius 1 is 1.21 bits per heavy atom. The van der Waals surface area contributed by atoms with E-state index in [1.165, 1.54) is 6.42 Å². The molecular formula is C20H33N3O4S. The van der Waals surface area contributed by atoms with Gasteiger partial charge in [-0.3, -0.25) is 10.2 Å². The number of hydrogen-bond acceptors (Lipinski definition) is 5. The Morgan fingerprint density at radius 3 is 2.61 bits per heavy atom. The zero-order valence-corrected chi connectivity index (χ0v) is 17.5. The molecule has 0 bridgehead atoms. The number of nitrogens with zero attached hydrogens (tertiary/aromatic N) is 2. The van der Waals surface area contributed by atoms with E-state index in [9.17, 15) is 14.7 Å². The van der Waals surface area contributed by atoms with Crippen molar-refractivity contribution in [1.82, 2.24) is 15.3 Å². The van der Waals surface area contributed by atoms with E-state index in [-0.39, 0.29) is 30.5 Å². The van der Waals surface area contributed by atoms with Crippen LogP contribution in [-0.4, -0.2) is 61.8 Å². The number of nitrogens with one attached hydrogen (secondary N) is 1. The van der Waals surface area contributed by atoms with Crippen molar-refractivity contribution in [3.05, 3.63) is 12.0 Å². The highest BCUT2D eigenvalue weighted by atomic mass is 32.2. The number of rotatable bonds is 9. The van der Waals surface area contributed by atoms with Gasteiger partial charge >= 0.3 is 12.0 Å². The SMILES string of the molecule is CCN1C(=O)N(N/C=C(\O)C2CCCCC2)C2CC(SCCCC(=O)O)CC21. The molecule has 0 aromatic rings. The topological polar surface area (TPSA) is 93.1 Å². The molecule has 2 amide bonds. The number of aliphatic hydroxyl groups is 1. The summed E-state index contributed by atoms with van der Waals surface area (Å²) < 4.78 is 0. The summed E-state index contributed by atoms with van der Waals surface area (Å²) in [6.07, 6.45) is 9.93. The van der Waals surface area contributed by atoms with Crippen LogP contribution in [0.3, 0.4) is 0 Å². The van der Waals surface area contributed by atoms with Crippen molar-refractivity contribution in [2.75, 3.05) is 12.3 Å². The highest BCUT2D eigenvalue weighted by molar-refractivity contribution is 7.99. The second-order valence-electron chi connectivity index (χ2n) is 8.07. The third-order valence-corrected chi connectivity index (χ3v) is 7.62. The van der Waals surface area contributed by atoms with Gasteiger partial charge in [-0.05, 0) is 44.8 Å².